The lowest BCUT2D eigenvalue weighted by Gasteiger charge is -2.12. The van der Waals surface area contributed by atoms with Crippen LogP contribution >= 0.6 is 57.6 Å². The molecule has 5 nitrogen and oxygen atoms in total. The van der Waals surface area contributed by atoms with Gasteiger partial charge in [0, 0.05) is 0 Å². The Morgan fingerprint density at radius 2 is 2.14 bits per heavy atom. The quantitative estimate of drug-likeness (QED) is 0.265. The molecule has 150 valence electrons. The molecule has 0 saturated carbocycles. The number of ether oxygens (including phenoxy) is 2. The molecular formula is C20H15Cl2IN2O3S. The molecule has 1 saturated heterocycles. The van der Waals surface area contributed by atoms with Crippen LogP contribution in [0.2, 0.25) is 10.0 Å². The molecule has 29 heavy (non-hydrogen) atoms. The van der Waals surface area contributed by atoms with Gasteiger partial charge in [0.05, 0.1) is 31.3 Å². The van der Waals surface area contributed by atoms with E-state index in [2.05, 4.69) is 39.5 Å². The lowest BCUT2D eigenvalue weighted by Crippen LogP contribution is -2.19. The van der Waals surface area contributed by atoms with Crippen LogP contribution in [0.3, 0.4) is 0 Å². The minimum atomic E-state index is -0.243. The lowest BCUT2D eigenvalue weighted by molar-refractivity contribution is -0.115. The standard InChI is InChI=1S/C20H15Cl2IN2O3S/c1-3-7-28-18-13(23)8-11(9-15(18)27-2)10-16-19(26)25-20(29-16)24-14-6-4-5-12(21)17(14)22/h3-6,8-10H,1,7H2,2H3,(H,24,25,26)/b16-10+. The Morgan fingerprint density at radius 1 is 1.34 bits per heavy atom. The van der Waals surface area contributed by atoms with Crippen LogP contribution < -0.4 is 14.8 Å². The summed E-state index contributed by atoms with van der Waals surface area (Å²) in [6.07, 6.45) is 3.43. The first kappa shape index (κ1) is 22.0. The van der Waals surface area contributed by atoms with Gasteiger partial charge in [-0.25, -0.2) is 4.99 Å². The number of amidine groups is 1. The molecule has 1 aliphatic heterocycles. The van der Waals surface area contributed by atoms with Gasteiger partial charge in [0.25, 0.3) is 5.91 Å². The molecule has 0 aromatic heterocycles. The van der Waals surface area contributed by atoms with E-state index in [1.54, 1.807) is 37.5 Å². The summed E-state index contributed by atoms with van der Waals surface area (Å²) >= 11 is 15.6. The van der Waals surface area contributed by atoms with Crippen molar-refractivity contribution in [3.8, 4) is 11.5 Å². The molecule has 0 radical (unpaired) electrons. The molecule has 1 amide bonds. The Morgan fingerprint density at radius 3 is 2.86 bits per heavy atom. The van der Waals surface area contributed by atoms with Crippen molar-refractivity contribution < 1.29 is 14.3 Å². The number of aliphatic imine (C=N–C) groups is 1. The summed E-state index contributed by atoms with van der Waals surface area (Å²) in [4.78, 5) is 17.3. The molecule has 1 fully saturated rings. The number of carbonyl (C=O) groups is 1. The maximum Gasteiger partial charge on any atom is 0.264 e. The Labute approximate surface area is 196 Å². The van der Waals surface area contributed by atoms with Crippen molar-refractivity contribution in [3.63, 3.8) is 0 Å². The average molecular weight is 561 g/mol. The van der Waals surface area contributed by atoms with E-state index in [4.69, 9.17) is 32.7 Å². The van der Waals surface area contributed by atoms with Crippen LogP contribution in [-0.4, -0.2) is 24.8 Å². The molecule has 3 rings (SSSR count). The van der Waals surface area contributed by atoms with Gasteiger partial charge in [-0.2, -0.15) is 0 Å². The number of thioether (sulfide) groups is 1. The van der Waals surface area contributed by atoms with Gasteiger partial charge in [-0.15, -0.1) is 0 Å². The molecule has 0 spiro atoms. The summed E-state index contributed by atoms with van der Waals surface area (Å²) in [6, 6.07) is 8.87. The zero-order valence-corrected chi connectivity index (χ0v) is 19.7. The second-order valence-corrected chi connectivity index (χ2v) is 8.67. The van der Waals surface area contributed by atoms with E-state index in [0.717, 1.165) is 9.13 Å². The van der Waals surface area contributed by atoms with Crippen LogP contribution in [0.4, 0.5) is 5.69 Å². The normalized spacial score (nSPS) is 16.2. The van der Waals surface area contributed by atoms with Crippen molar-refractivity contribution in [2.75, 3.05) is 13.7 Å². The molecule has 0 atom stereocenters. The fraction of sp³-hybridized carbons (Fsp3) is 0.100. The molecule has 2 aromatic carbocycles. The fourth-order valence-corrected chi connectivity index (χ4v) is 4.38. The number of hydrogen-bond donors (Lipinski definition) is 1. The topological polar surface area (TPSA) is 59.9 Å². The number of nitrogens with one attached hydrogen (secondary N) is 1. The molecule has 0 aliphatic carbocycles. The third-order valence-electron chi connectivity index (χ3n) is 3.70. The van der Waals surface area contributed by atoms with E-state index in [9.17, 15) is 4.79 Å². The van der Waals surface area contributed by atoms with Crippen molar-refractivity contribution >= 4 is 80.4 Å². The van der Waals surface area contributed by atoms with E-state index in [-0.39, 0.29) is 5.91 Å². The average Bonchev–Trinajstić information content (AvgIpc) is 3.03. The molecule has 2 aromatic rings. The Hall–Kier alpha value is -1.68. The highest BCUT2D eigenvalue weighted by Crippen LogP contribution is 2.37. The highest BCUT2D eigenvalue weighted by atomic mass is 127. The maximum absolute atomic E-state index is 12.4. The van der Waals surface area contributed by atoms with Crippen molar-refractivity contribution in [3.05, 3.63) is 67.1 Å². The van der Waals surface area contributed by atoms with Gasteiger partial charge in [0.15, 0.2) is 16.7 Å². The van der Waals surface area contributed by atoms with Crippen LogP contribution in [0.25, 0.3) is 6.08 Å². The Balaban J connectivity index is 1.88. The van der Waals surface area contributed by atoms with Crippen LogP contribution in [-0.2, 0) is 4.79 Å². The van der Waals surface area contributed by atoms with Crippen molar-refractivity contribution in [2.24, 2.45) is 4.99 Å². The van der Waals surface area contributed by atoms with Crippen molar-refractivity contribution in [2.45, 2.75) is 0 Å². The molecular weight excluding hydrogens is 546 g/mol. The fourth-order valence-electron chi connectivity index (χ4n) is 2.43. The van der Waals surface area contributed by atoms with Gasteiger partial charge in [0.2, 0.25) is 0 Å². The van der Waals surface area contributed by atoms with Crippen LogP contribution in [0.1, 0.15) is 5.56 Å². The predicted molar refractivity (Wildman–Crippen MR) is 129 cm³/mol. The number of halogens is 3. The van der Waals surface area contributed by atoms with Crippen molar-refractivity contribution in [1.29, 1.82) is 0 Å². The van der Waals surface area contributed by atoms with Gasteiger partial charge in [0.1, 0.15) is 6.61 Å². The summed E-state index contributed by atoms with van der Waals surface area (Å²) in [7, 11) is 1.57. The number of nitrogens with zero attached hydrogens (tertiary/aromatic N) is 1. The summed E-state index contributed by atoms with van der Waals surface area (Å²) in [5, 5.41) is 3.90. The van der Waals surface area contributed by atoms with E-state index in [1.165, 1.54) is 11.8 Å². The van der Waals surface area contributed by atoms with Gasteiger partial charge in [-0.05, 0) is 70.3 Å². The number of carbonyl (C=O) groups excluding carboxylic acids is 1. The maximum atomic E-state index is 12.4. The van der Waals surface area contributed by atoms with Crippen molar-refractivity contribution in [1.82, 2.24) is 5.32 Å². The largest absolute Gasteiger partial charge is 0.493 e. The third kappa shape index (κ3) is 5.28. The molecule has 9 heteroatoms. The number of hydrogen-bond acceptors (Lipinski definition) is 5. The minimum absolute atomic E-state index is 0.243. The highest BCUT2D eigenvalue weighted by Gasteiger charge is 2.24. The molecule has 1 heterocycles. The SMILES string of the molecule is C=CCOc1c(I)cc(/C=C2/SC(=Nc3cccc(Cl)c3Cl)NC2=O)cc1OC. The third-order valence-corrected chi connectivity index (χ3v) is 6.22. The van der Waals surface area contributed by atoms with E-state index >= 15 is 0 Å². The highest BCUT2D eigenvalue weighted by molar-refractivity contribution is 14.1. The van der Waals surface area contributed by atoms with Gasteiger partial charge in [-0.1, -0.05) is 41.9 Å². The summed E-state index contributed by atoms with van der Waals surface area (Å²) in [5.41, 5.74) is 1.29. The second-order valence-electron chi connectivity index (χ2n) is 5.69. The number of amides is 1. The first-order chi connectivity index (χ1) is 13.9. The van der Waals surface area contributed by atoms with Crippen LogP contribution in [0.5, 0.6) is 11.5 Å². The second kappa shape index (κ2) is 9.88. The molecule has 0 unspecified atom stereocenters. The molecule has 1 N–H and O–H groups in total. The molecule has 1 aliphatic rings. The summed E-state index contributed by atoms with van der Waals surface area (Å²) < 4.78 is 11.9. The zero-order chi connectivity index (χ0) is 21.0. The Kier molecular flexibility index (Phi) is 7.50. The number of rotatable bonds is 6. The first-order valence-electron chi connectivity index (χ1n) is 8.27. The minimum Gasteiger partial charge on any atom is -0.493 e. The van der Waals surface area contributed by atoms with E-state index in [0.29, 0.717) is 43.9 Å². The van der Waals surface area contributed by atoms with Gasteiger partial charge in [-0.3, -0.25) is 4.79 Å². The monoisotopic (exact) mass is 560 g/mol. The van der Waals surface area contributed by atoms with E-state index in [1.807, 2.05) is 12.1 Å². The number of benzene rings is 2. The zero-order valence-electron chi connectivity index (χ0n) is 15.2. The summed E-state index contributed by atoms with van der Waals surface area (Å²) in [5.74, 6) is 0.970. The van der Waals surface area contributed by atoms with Gasteiger partial charge >= 0.3 is 0 Å². The van der Waals surface area contributed by atoms with Crippen LogP contribution in [0.15, 0.2) is 52.9 Å². The summed E-state index contributed by atoms with van der Waals surface area (Å²) in [6.45, 7) is 4.02. The smallest absolute Gasteiger partial charge is 0.264 e. The lowest BCUT2D eigenvalue weighted by atomic mass is 10.2. The predicted octanol–water partition coefficient (Wildman–Crippen LogP) is 6.06. The number of methoxy groups -OCH3 is 1. The first-order valence-corrected chi connectivity index (χ1v) is 10.9. The van der Waals surface area contributed by atoms with E-state index < -0.39 is 0 Å². The van der Waals surface area contributed by atoms with Gasteiger partial charge < -0.3 is 14.8 Å². The molecule has 0 bridgehead atoms. The Bertz CT molecular complexity index is 1040. The van der Waals surface area contributed by atoms with Crippen LogP contribution in [0, 0.1) is 3.57 Å².